The molecular formula is C13H13N3O4. The van der Waals surface area contributed by atoms with Crippen LogP contribution < -0.4 is 0 Å². The van der Waals surface area contributed by atoms with E-state index in [1.165, 1.54) is 23.1 Å². The fourth-order valence-corrected chi connectivity index (χ4v) is 1.58. The maximum Gasteiger partial charge on any atom is 0.341 e. The van der Waals surface area contributed by atoms with Gasteiger partial charge in [0, 0.05) is 12.4 Å². The first-order valence-electron chi connectivity index (χ1n) is 5.98. The van der Waals surface area contributed by atoms with Crippen molar-refractivity contribution in [2.75, 3.05) is 6.61 Å². The van der Waals surface area contributed by atoms with Crippen molar-refractivity contribution in [1.82, 2.24) is 14.8 Å². The van der Waals surface area contributed by atoms with E-state index >= 15 is 0 Å². The Morgan fingerprint density at radius 3 is 2.70 bits per heavy atom. The number of rotatable bonds is 5. The van der Waals surface area contributed by atoms with E-state index in [0.717, 1.165) is 0 Å². The number of pyridine rings is 1. The number of aromatic nitrogens is 3. The summed E-state index contributed by atoms with van der Waals surface area (Å²) in [5.41, 5.74) is 1.14. The minimum atomic E-state index is -1.02. The molecule has 0 aliphatic rings. The van der Waals surface area contributed by atoms with Crippen LogP contribution in [0.5, 0.6) is 0 Å². The van der Waals surface area contributed by atoms with Crippen LogP contribution in [-0.2, 0) is 11.3 Å². The van der Waals surface area contributed by atoms with Crippen molar-refractivity contribution in [3.8, 4) is 0 Å². The first-order valence-corrected chi connectivity index (χ1v) is 5.98. The van der Waals surface area contributed by atoms with Crippen LogP contribution in [0.1, 0.15) is 33.3 Å². The number of ether oxygens (including phenoxy) is 1. The third kappa shape index (κ3) is 3.19. The average Bonchev–Trinajstić information content (AvgIpc) is 2.88. The van der Waals surface area contributed by atoms with Gasteiger partial charge in [-0.3, -0.25) is 9.67 Å². The highest BCUT2D eigenvalue weighted by molar-refractivity contribution is 5.88. The fraction of sp³-hybridized carbons (Fsp3) is 0.231. The quantitative estimate of drug-likeness (QED) is 0.824. The van der Waals surface area contributed by atoms with Crippen LogP contribution in [0, 0.1) is 0 Å². The molecule has 2 aromatic rings. The third-order valence-corrected chi connectivity index (χ3v) is 2.54. The van der Waals surface area contributed by atoms with Gasteiger partial charge in [-0.15, -0.1) is 0 Å². The molecule has 0 amide bonds. The summed E-state index contributed by atoms with van der Waals surface area (Å²) in [7, 11) is 0. The summed E-state index contributed by atoms with van der Waals surface area (Å²) >= 11 is 0. The lowest BCUT2D eigenvalue weighted by Crippen LogP contribution is -2.05. The van der Waals surface area contributed by atoms with Gasteiger partial charge in [-0.25, -0.2) is 9.59 Å². The molecule has 0 aliphatic carbocycles. The number of carbonyl (C=O) groups is 2. The van der Waals surface area contributed by atoms with Gasteiger partial charge in [0.05, 0.1) is 36.2 Å². The molecule has 0 fully saturated rings. The first-order chi connectivity index (χ1) is 9.60. The topological polar surface area (TPSA) is 94.3 Å². The van der Waals surface area contributed by atoms with Crippen LogP contribution in [-0.4, -0.2) is 38.4 Å². The molecule has 0 unspecified atom stereocenters. The van der Waals surface area contributed by atoms with Gasteiger partial charge >= 0.3 is 11.9 Å². The maximum atomic E-state index is 11.5. The van der Waals surface area contributed by atoms with E-state index in [9.17, 15) is 9.59 Å². The van der Waals surface area contributed by atoms with E-state index in [-0.39, 0.29) is 5.56 Å². The summed E-state index contributed by atoms with van der Waals surface area (Å²) in [5, 5.41) is 12.8. The van der Waals surface area contributed by atoms with Gasteiger partial charge in [0.15, 0.2) is 0 Å². The highest BCUT2D eigenvalue weighted by Crippen LogP contribution is 2.05. The molecule has 0 saturated carbocycles. The number of carboxylic acids is 1. The molecule has 7 heteroatoms. The average molecular weight is 275 g/mol. The second-order valence-electron chi connectivity index (χ2n) is 3.99. The summed E-state index contributed by atoms with van der Waals surface area (Å²) in [5.74, 6) is -1.44. The van der Waals surface area contributed by atoms with E-state index in [0.29, 0.717) is 24.4 Å². The molecule has 1 N–H and O–H groups in total. The number of hydrogen-bond donors (Lipinski definition) is 1. The number of aromatic carboxylic acids is 1. The van der Waals surface area contributed by atoms with Gasteiger partial charge in [-0.2, -0.15) is 5.10 Å². The molecule has 20 heavy (non-hydrogen) atoms. The summed E-state index contributed by atoms with van der Waals surface area (Å²) in [6.07, 6.45) is 4.27. The predicted molar refractivity (Wildman–Crippen MR) is 68.5 cm³/mol. The SMILES string of the molecule is CCOC(=O)c1cnn(Cc2ccc(C(=O)O)cn2)c1. The molecule has 0 bridgehead atoms. The van der Waals surface area contributed by atoms with E-state index in [2.05, 4.69) is 10.1 Å². The van der Waals surface area contributed by atoms with Crippen molar-refractivity contribution < 1.29 is 19.4 Å². The Balaban J connectivity index is 2.06. The number of carboxylic acid groups (broad SMARTS) is 1. The van der Waals surface area contributed by atoms with Crippen LogP contribution in [0.2, 0.25) is 0 Å². The summed E-state index contributed by atoms with van der Waals surface area (Å²) < 4.78 is 6.40. The lowest BCUT2D eigenvalue weighted by molar-refractivity contribution is 0.0525. The highest BCUT2D eigenvalue weighted by atomic mass is 16.5. The number of esters is 1. The van der Waals surface area contributed by atoms with E-state index in [1.807, 2.05) is 0 Å². The van der Waals surface area contributed by atoms with Crippen molar-refractivity contribution in [3.05, 3.63) is 47.5 Å². The van der Waals surface area contributed by atoms with Gasteiger partial charge in [0.1, 0.15) is 0 Å². The van der Waals surface area contributed by atoms with E-state index in [4.69, 9.17) is 9.84 Å². The molecular weight excluding hydrogens is 262 g/mol. The minimum Gasteiger partial charge on any atom is -0.478 e. The monoisotopic (exact) mass is 275 g/mol. The van der Waals surface area contributed by atoms with Gasteiger partial charge < -0.3 is 9.84 Å². The van der Waals surface area contributed by atoms with Crippen molar-refractivity contribution >= 4 is 11.9 Å². The second-order valence-corrected chi connectivity index (χ2v) is 3.99. The Morgan fingerprint density at radius 1 is 1.30 bits per heavy atom. The molecule has 0 aromatic carbocycles. The zero-order chi connectivity index (χ0) is 14.5. The van der Waals surface area contributed by atoms with Gasteiger partial charge in [-0.1, -0.05) is 0 Å². The standard InChI is InChI=1S/C13H13N3O4/c1-2-20-13(19)10-6-15-16(7-10)8-11-4-3-9(5-14-11)12(17)18/h3-7H,2,8H2,1H3,(H,17,18). The number of hydrogen-bond acceptors (Lipinski definition) is 5. The summed E-state index contributed by atoms with van der Waals surface area (Å²) in [4.78, 5) is 26.2. The zero-order valence-electron chi connectivity index (χ0n) is 10.8. The Bertz CT molecular complexity index is 619. The molecule has 0 saturated heterocycles. The largest absolute Gasteiger partial charge is 0.478 e. The fourth-order valence-electron chi connectivity index (χ4n) is 1.58. The van der Waals surface area contributed by atoms with Crippen LogP contribution in [0.25, 0.3) is 0 Å². The second kappa shape index (κ2) is 5.96. The molecule has 2 rings (SSSR count). The van der Waals surface area contributed by atoms with Crippen molar-refractivity contribution in [3.63, 3.8) is 0 Å². The normalized spacial score (nSPS) is 10.2. The minimum absolute atomic E-state index is 0.126. The van der Waals surface area contributed by atoms with Crippen LogP contribution in [0.15, 0.2) is 30.7 Å². The number of nitrogens with zero attached hydrogens (tertiary/aromatic N) is 3. The lowest BCUT2D eigenvalue weighted by Gasteiger charge is -2.01. The van der Waals surface area contributed by atoms with Crippen LogP contribution in [0.4, 0.5) is 0 Å². The smallest absolute Gasteiger partial charge is 0.341 e. The molecule has 0 radical (unpaired) electrons. The Kier molecular flexibility index (Phi) is 4.09. The Labute approximate surface area is 114 Å². The molecule has 2 heterocycles. The predicted octanol–water partition coefficient (Wildman–Crippen LogP) is 1.20. The Hall–Kier alpha value is -2.70. The van der Waals surface area contributed by atoms with Gasteiger partial charge in [-0.05, 0) is 19.1 Å². The lowest BCUT2D eigenvalue weighted by atomic mass is 10.2. The molecule has 0 atom stereocenters. The van der Waals surface area contributed by atoms with Gasteiger partial charge in [0.2, 0.25) is 0 Å². The third-order valence-electron chi connectivity index (χ3n) is 2.54. The molecule has 0 aliphatic heterocycles. The van der Waals surface area contributed by atoms with Crippen molar-refractivity contribution in [2.24, 2.45) is 0 Å². The van der Waals surface area contributed by atoms with Crippen LogP contribution >= 0.6 is 0 Å². The molecule has 104 valence electrons. The summed E-state index contributed by atoms with van der Waals surface area (Å²) in [6, 6.07) is 3.08. The first kappa shape index (κ1) is 13.7. The summed E-state index contributed by atoms with van der Waals surface area (Å²) in [6.45, 7) is 2.39. The molecule has 2 aromatic heterocycles. The Morgan fingerprint density at radius 2 is 2.10 bits per heavy atom. The zero-order valence-corrected chi connectivity index (χ0v) is 10.8. The number of carbonyl (C=O) groups excluding carboxylic acids is 1. The van der Waals surface area contributed by atoms with Crippen molar-refractivity contribution in [2.45, 2.75) is 13.5 Å². The molecule has 0 spiro atoms. The maximum absolute atomic E-state index is 11.5. The van der Waals surface area contributed by atoms with Crippen molar-refractivity contribution in [1.29, 1.82) is 0 Å². The van der Waals surface area contributed by atoms with E-state index in [1.54, 1.807) is 19.2 Å². The van der Waals surface area contributed by atoms with E-state index < -0.39 is 11.9 Å². The van der Waals surface area contributed by atoms with Crippen LogP contribution in [0.3, 0.4) is 0 Å². The van der Waals surface area contributed by atoms with Gasteiger partial charge in [0.25, 0.3) is 0 Å². The highest BCUT2D eigenvalue weighted by Gasteiger charge is 2.10. The molecule has 7 nitrogen and oxygen atoms in total.